The Morgan fingerprint density at radius 2 is 0.906 bits per heavy atom. The van der Waals surface area contributed by atoms with Crippen molar-refractivity contribution in [3.8, 4) is 0 Å². The fourth-order valence-electron chi connectivity index (χ4n) is 2.85. The Kier molecular flexibility index (Phi) is 13.7. The maximum atomic E-state index is 12.2. The number of alkyl halides is 1. The van der Waals surface area contributed by atoms with E-state index < -0.39 is 6.67 Å². The van der Waals surface area contributed by atoms with Gasteiger partial charge in [-0.25, -0.2) is 4.39 Å². The lowest BCUT2D eigenvalue weighted by Crippen LogP contribution is -2.33. The zero-order valence-corrected chi connectivity index (χ0v) is 18.3. The van der Waals surface area contributed by atoms with Crippen LogP contribution in [0, 0.1) is 0 Å². The Morgan fingerprint density at radius 3 is 1.28 bits per heavy atom. The third kappa shape index (κ3) is 9.68. The number of hydrogen-bond donors (Lipinski definition) is 0. The highest BCUT2D eigenvalue weighted by Crippen LogP contribution is 2.21. The molecule has 0 unspecified atom stereocenters. The molecule has 0 saturated heterocycles. The SMILES string of the molecule is O=C1c2ccccc2C(=O)N1CCOCCOCCOCCOCCOCCOCCF. The van der Waals surface area contributed by atoms with Crippen molar-refractivity contribution >= 4 is 11.8 Å². The Bertz CT molecular complexity index is 640. The van der Waals surface area contributed by atoms with Gasteiger partial charge in [0.05, 0.1) is 97.0 Å². The Hall–Kier alpha value is -1.95. The molecule has 0 atom stereocenters. The molecule has 0 N–H and O–H groups in total. The van der Waals surface area contributed by atoms with E-state index >= 15 is 0 Å². The normalized spacial score (nSPS) is 13.2. The van der Waals surface area contributed by atoms with Gasteiger partial charge < -0.3 is 28.4 Å². The van der Waals surface area contributed by atoms with E-state index in [2.05, 4.69) is 0 Å². The van der Waals surface area contributed by atoms with Crippen LogP contribution < -0.4 is 0 Å². The van der Waals surface area contributed by atoms with Gasteiger partial charge in [0.25, 0.3) is 11.8 Å². The van der Waals surface area contributed by atoms with Gasteiger partial charge >= 0.3 is 0 Å². The monoisotopic (exact) mass is 457 g/mol. The zero-order valence-electron chi connectivity index (χ0n) is 18.3. The maximum absolute atomic E-state index is 12.2. The third-order valence-corrected chi connectivity index (χ3v) is 4.42. The molecule has 1 aliphatic rings. The number of rotatable bonds is 20. The summed E-state index contributed by atoms with van der Waals surface area (Å²) >= 11 is 0. The Balaban J connectivity index is 1.32. The van der Waals surface area contributed by atoms with Crippen LogP contribution in [0.5, 0.6) is 0 Å². The van der Waals surface area contributed by atoms with Crippen LogP contribution in [-0.4, -0.2) is 109 Å². The van der Waals surface area contributed by atoms with Crippen molar-refractivity contribution in [3.05, 3.63) is 35.4 Å². The van der Waals surface area contributed by atoms with Gasteiger partial charge in [0.1, 0.15) is 6.67 Å². The molecule has 10 heteroatoms. The van der Waals surface area contributed by atoms with Crippen molar-refractivity contribution in [1.29, 1.82) is 0 Å². The highest BCUT2D eigenvalue weighted by molar-refractivity contribution is 6.21. The lowest BCUT2D eigenvalue weighted by Gasteiger charge is -2.13. The van der Waals surface area contributed by atoms with Crippen molar-refractivity contribution in [2.45, 2.75) is 0 Å². The topological polar surface area (TPSA) is 92.8 Å². The molecule has 2 amide bonds. The molecule has 9 nitrogen and oxygen atoms in total. The highest BCUT2D eigenvalue weighted by atomic mass is 19.1. The molecule has 0 saturated carbocycles. The number of amides is 2. The van der Waals surface area contributed by atoms with Crippen molar-refractivity contribution in [1.82, 2.24) is 4.90 Å². The second-order valence-corrected chi connectivity index (χ2v) is 6.67. The number of carbonyl (C=O) groups excluding carboxylic acids is 2. The summed E-state index contributed by atoms with van der Waals surface area (Å²) in [6.07, 6.45) is 0. The number of carbonyl (C=O) groups is 2. The first-order valence-electron chi connectivity index (χ1n) is 10.7. The van der Waals surface area contributed by atoms with E-state index in [9.17, 15) is 14.0 Å². The lowest BCUT2D eigenvalue weighted by molar-refractivity contribution is -0.0176. The van der Waals surface area contributed by atoms with Crippen molar-refractivity contribution in [2.75, 3.05) is 92.5 Å². The number of benzene rings is 1. The standard InChI is InChI=1S/C22H32FNO8/c23-5-7-27-9-11-29-13-15-31-17-18-32-16-14-30-12-10-28-8-6-24-21(25)19-3-1-2-4-20(19)22(24)26/h1-4H,5-18H2. The Labute approximate surface area is 187 Å². The molecule has 1 heterocycles. The maximum Gasteiger partial charge on any atom is 0.261 e. The van der Waals surface area contributed by atoms with Crippen LogP contribution in [0.2, 0.25) is 0 Å². The average Bonchev–Trinajstić information content (AvgIpc) is 3.05. The van der Waals surface area contributed by atoms with E-state index in [-0.39, 0.29) is 31.6 Å². The minimum absolute atomic E-state index is 0.104. The van der Waals surface area contributed by atoms with Crippen LogP contribution in [0.15, 0.2) is 24.3 Å². The van der Waals surface area contributed by atoms with Crippen LogP contribution in [0.3, 0.4) is 0 Å². The Morgan fingerprint density at radius 1 is 0.562 bits per heavy atom. The molecule has 0 radical (unpaired) electrons. The van der Waals surface area contributed by atoms with E-state index in [1.54, 1.807) is 24.3 Å². The number of ether oxygens (including phenoxy) is 6. The quantitative estimate of drug-likeness (QED) is 0.214. The van der Waals surface area contributed by atoms with Gasteiger partial charge in [-0.15, -0.1) is 0 Å². The van der Waals surface area contributed by atoms with Gasteiger partial charge in [0.2, 0.25) is 0 Å². The zero-order chi connectivity index (χ0) is 22.9. The summed E-state index contributed by atoms with van der Waals surface area (Å²) in [6, 6.07) is 6.80. The largest absolute Gasteiger partial charge is 0.377 e. The smallest absolute Gasteiger partial charge is 0.261 e. The van der Waals surface area contributed by atoms with E-state index in [1.807, 2.05) is 0 Å². The predicted octanol–water partition coefficient (Wildman–Crippen LogP) is 1.35. The van der Waals surface area contributed by atoms with Crippen LogP contribution in [0.1, 0.15) is 20.7 Å². The van der Waals surface area contributed by atoms with E-state index in [1.165, 1.54) is 4.90 Å². The molecule has 0 bridgehead atoms. The summed E-state index contributed by atoms with van der Waals surface area (Å²) in [6.45, 7) is 4.37. The minimum Gasteiger partial charge on any atom is -0.377 e. The van der Waals surface area contributed by atoms with Crippen LogP contribution in [-0.2, 0) is 28.4 Å². The fraction of sp³-hybridized carbons (Fsp3) is 0.636. The first-order chi connectivity index (χ1) is 15.8. The van der Waals surface area contributed by atoms with Crippen molar-refractivity contribution in [3.63, 3.8) is 0 Å². The molecule has 1 aromatic carbocycles. The number of fused-ring (bicyclic) bond motifs is 1. The molecule has 180 valence electrons. The molecule has 0 fully saturated rings. The van der Waals surface area contributed by atoms with Gasteiger partial charge in [0.15, 0.2) is 0 Å². The summed E-state index contributed by atoms with van der Waals surface area (Å²) in [5.41, 5.74) is 0.882. The molecule has 0 aliphatic carbocycles. The van der Waals surface area contributed by atoms with Crippen molar-refractivity contribution < 1.29 is 42.4 Å². The van der Waals surface area contributed by atoms with Gasteiger partial charge in [-0.05, 0) is 12.1 Å². The average molecular weight is 457 g/mol. The van der Waals surface area contributed by atoms with Crippen molar-refractivity contribution in [2.24, 2.45) is 0 Å². The summed E-state index contributed by atoms with van der Waals surface area (Å²) < 4.78 is 43.5. The molecule has 0 aromatic heterocycles. The first-order valence-corrected chi connectivity index (χ1v) is 10.7. The van der Waals surface area contributed by atoms with E-state index in [0.717, 1.165) is 0 Å². The number of halogens is 1. The van der Waals surface area contributed by atoms with Crippen LogP contribution in [0.4, 0.5) is 4.39 Å². The molecule has 0 spiro atoms. The molecular formula is C22H32FNO8. The van der Waals surface area contributed by atoms with Gasteiger partial charge in [-0.2, -0.15) is 0 Å². The first kappa shape index (κ1) is 26.3. The molecule has 2 rings (SSSR count). The van der Waals surface area contributed by atoms with E-state index in [4.69, 9.17) is 28.4 Å². The second-order valence-electron chi connectivity index (χ2n) is 6.67. The van der Waals surface area contributed by atoms with Gasteiger partial charge in [0, 0.05) is 0 Å². The molecule has 1 aliphatic heterocycles. The number of imide groups is 1. The lowest BCUT2D eigenvalue weighted by atomic mass is 10.1. The molecular weight excluding hydrogens is 425 g/mol. The number of hydrogen-bond acceptors (Lipinski definition) is 8. The summed E-state index contributed by atoms with van der Waals surface area (Å²) in [4.78, 5) is 25.6. The fourth-order valence-corrected chi connectivity index (χ4v) is 2.85. The second kappa shape index (κ2) is 16.7. The number of nitrogens with zero attached hydrogens (tertiary/aromatic N) is 1. The van der Waals surface area contributed by atoms with E-state index in [0.29, 0.717) is 77.2 Å². The summed E-state index contributed by atoms with van der Waals surface area (Å²) in [7, 11) is 0. The van der Waals surface area contributed by atoms with Crippen LogP contribution in [0.25, 0.3) is 0 Å². The predicted molar refractivity (Wildman–Crippen MR) is 113 cm³/mol. The van der Waals surface area contributed by atoms with Gasteiger partial charge in [-0.3, -0.25) is 14.5 Å². The minimum atomic E-state index is -0.483. The highest BCUT2D eigenvalue weighted by Gasteiger charge is 2.34. The van der Waals surface area contributed by atoms with Gasteiger partial charge in [-0.1, -0.05) is 12.1 Å². The summed E-state index contributed by atoms with van der Waals surface area (Å²) in [5.74, 6) is -0.558. The molecule has 1 aromatic rings. The van der Waals surface area contributed by atoms with Crippen LogP contribution >= 0.6 is 0 Å². The summed E-state index contributed by atoms with van der Waals surface area (Å²) in [5, 5.41) is 0. The molecule has 32 heavy (non-hydrogen) atoms. The third-order valence-electron chi connectivity index (χ3n) is 4.42.